The second-order valence-corrected chi connectivity index (χ2v) is 13.5. The molecule has 3 heterocycles. The summed E-state index contributed by atoms with van der Waals surface area (Å²) in [5, 5.41) is 16.6. The molecular weight excluding hydrogens is 644 g/mol. The monoisotopic (exact) mass is 682 g/mol. The first kappa shape index (κ1) is 31.3. The van der Waals surface area contributed by atoms with Gasteiger partial charge in [0.1, 0.15) is 29.5 Å². The van der Waals surface area contributed by atoms with Crippen molar-refractivity contribution in [2.75, 3.05) is 6.54 Å². The van der Waals surface area contributed by atoms with Crippen LogP contribution in [0.5, 0.6) is 5.75 Å². The molecular formula is C33H39BrN4O7. The van der Waals surface area contributed by atoms with Crippen LogP contribution in [-0.4, -0.2) is 75.2 Å². The van der Waals surface area contributed by atoms with E-state index in [-0.39, 0.29) is 37.3 Å². The average molecular weight is 684 g/mol. The molecule has 2 saturated carbocycles. The number of aromatic nitrogens is 1. The van der Waals surface area contributed by atoms with E-state index in [1.165, 1.54) is 4.90 Å². The number of fused-ring (bicyclic) bond motifs is 3. The van der Waals surface area contributed by atoms with Crippen molar-refractivity contribution in [2.45, 2.75) is 100 Å². The van der Waals surface area contributed by atoms with E-state index in [1.807, 2.05) is 30.4 Å². The molecule has 0 radical (unpaired) electrons. The zero-order valence-electron chi connectivity index (χ0n) is 25.1. The number of benzene rings is 1. The molecule has 6 rings (SSSR count). The van der Waals surface area contributed by atoms with E-state index in [0.717, 1.165) is 60.3 Å². The number of halogens is 1. The summed E-state index contributed by atoms with van der Waals surface area (Å²) in [4.78, 5) is 58.7. The summed E-state index contributed by atoms with van der Waals surface area (Å²) in [6.07, 6.45) is 11.5. The minimum Gasteiger partial charge on any atom is -0.488 e. The third kappa shape index (κ3) is 6.95. The first-order valence-corrected chi connectivity index (χ1v) is 16.7. The van der Waals surface area contributed by atoms with Gasteiger partial charge in [0.2, 0.25) is 11.8 Å². The molecule has 0 unspecified atom stereocenters. The molecule has 12 heteroatoms. The quantitative estimate of drug-likeness (QED) is 0.379. The van der Waals surface area contributed by atoms with E-state index in [1.54, 1.807) is 12.3 Å². The molecule has 1 saturated heterocycles. The lowest BCUT2D eigenvalue weighted by molar-refractivity contribution is -0.145. The molecule has 240 valence electrons. The Bertz CT molecular complexity index is 1490. The van der Waals surface area contributed by atoms with Crippen LogP contribution in [0.25, 0.3) is 10.9 Å². The third-order valence-electron chi connectivity index (χ3n) is 9.46. The van der Waals surface area contributed by atoms with Gasteiger partial charge in [-0.3, -0.25) is 14.6 Å². The fourth-order valence-corrected chi connectivity index (χ4v) is 7.36. The van der Waals surface area contributed by atoms with Crippen LogP contribution >= 0.6 is 15.9 Å². The van der Waals surface area contributed by atoms with Crippen LogP contribution in [-0.2, 0) is 19.1 Å². The highest BCUT2D eigenvalue weighted by Crippen LogP contribution is 2.45. The minimum absolute atomic E-state index is 0.00998. The van der Waals surface area contributed by atoms with Gasteiger partial charge < -0.3 is 30.1 Å². The fraction of sp³-hybridized carbons (Fsp3) is 0.545. The SMILES string of the molecule is O=C(N[C@H]1CCCC/C=C\[C@@H]2C[C@@]2(C(=O)O)NC(=O)[C@@H]2C[C@@H](Oc3ccnc4c(Br)cccc34)CN2C(=O)C1)OC1CCCC1. The molecule has 2 aromatic rings. The molecule has 11 nitrogen and oxygen atoms in total. The normalized spacial score (nSPS) is 29.9. The molecule has 0 bridgehead atoms. The van der Waals surface area contributed by atoms with Gasteiger partial charge in [0, 0.05) is 40.9 Å². The summed E-state index contributed by atoms with van der Waals surface area (Å²) in [5.41, 5.74) is -0.658. The summed E-state index contributed by atoms with van der Waals surface area (Å²) in [7, 11) is 0. The number of carboxylic acid groups (broad SMARTS) is 1. The smallest absolute Gasteiger partial charge is 0.407 e. The zero-order chi connectivity index (χ0) is 31.6. The van der Waals surface area contributed by atoms with E-state index in [4.69, 9.17) is 9.47 Å². The second-order valence-electron chi connectivity index (χ2n) is 12.6. The Morgan fingerprint density at radius 3 is 2.69 bits per heavy atom. The van der Waals surface area contributed by atoms with Crippen LogP contribution in [0.1, 0.15) is 70.6 Å². The highest BCUT2D eigenvalue weighted by atomic mass is 79.9. The van der Waals surface area contributed by atoms with Gasteiger partial charge in [0.15, 0.2) is 0 Å². The molecule has 3 fully saturated rings. The molecule has 2 aliphatic heterocycles. The molecule has 4 aliphatic rings. The van der Waals surface area contributed by atoms with E-state index in [9.17, 15) is 24.3 Å². The molecule has 45 heavy (non-hydrogen) atoms. The Labute approximate surface area is 270 Å². The summed E-state index contributed by atoms with van der Waals surface area (Å²) in [5.74, 6) is -1.65. The van der Waals surface area contributed by atoms with Gasteiger partial charge in [-0.2, -0.15) is 0 Å². The lowest BCUT2D eigenvalue weighted by atomic mass is 10.0. The van der Waals surface area contributed by atoms with Crippen molar-refractivity contribution in [3.8, 4) is 5.75 Å². The fourth-order valence-electron chi connectivity index (χ4n) is 6.90. The molecule has 5 atom stereocenters. The Morgan fingerprint density at radius 2 is 1.89 bits per heavy atom. The maximum absolute atomic E-state index is 13.9. The maximum Gasteiger partial charge on any atom is 0.407 e. The van der Waals surface area contributed by atoms with Crippen LogP contribution in [0.2, 0.25) is 0 Å². The number of nitrogens with zero attached hydrogens (tertiary/aromatic N) is 2. The predicted molar refractivity (Wildman–Crippen MR) is 168 cm³/mol. The Kier molecular flexibility index (Phi) is 9.30. The van der Waals surface area contributed by atoms with Gasteiger partial charge in [-0.15, -0.1) is 0 Å². The van der Waals surface area contributed by atoms with Gasteiger partial charge >= 0.3 is 12.1 Å². The van der Waals surface area contributed by atoms with Crippen LogP contribution in [0.4, 0.5) is 4.79 Å². The first-order valence-electron chi connectivity index (χ1n) is 15.9. The van der Waals surface area contributed by atoms with Gasteiger partial charge in [-0.05, 0) is 85.5 Å². The number of carboxylic acids is 1. The number of hydrogen-bond donors (Lipinski definition) is 3. The van der Waals surface area contributed by atoms with Crippen LogP contribution in [0.15, 0.2) is 47.1 Å². The van der Waals surface area contributed by atoms with Gasteiger partial charge in [0.25, 0.3) is 0 Å². The molecule has 3 N–H and O–H groups in total. The number of ether oxygens (including phenoxy) is 2. The first-order chi connectivity index (χ1) is 21.7. The van der Waals surface area contributed by atoms with Gasteiger partial charge in [0.05, 0.1) is 12.1 Å². The van der Waals surface area contributed by atoms with Gasteiger partial charge in [-0.1, -0.05) is 24.6 Å². The lowest BCUT2D eigenvalue weighted by Gasteiger charge is -2.27. The van der Waals surface area contributed by atoms with E-state index in [0.29, 0.717) is 18.6 Å². The number of para-hydroxylation sites is 1. The van der Waals surface area contributed by atoms with Crippen molar-refractivity contribution < 1.29 is 33.8 Å². The van der Waals surface area contributed by atoms with Crippen molar-refractivity contribution in [1.29, 1.82) is 0 Å². The van der Waals surface area contributed by atoms with Crippen LogP contribution in [0, 0.1) is 5.92 Å². The number of rotatable bonds is 5. The number of carbonyl (C=O) groups excluding carboxylic acids is 3. The van der Waals surface area contributed by atoms with Crippen molar-refractivity contribution >= 4 is 50.7 Å². The second kappa shape index (κ2) is 13.4. The Morgan fingerprint density at radius 1 is 1.09 bits per heavy atom. The summed E-state index contributed by atoms with van der Waals surface area (Å²) < 4.78 is 12.8. The van der Waals surface area contributed by atoms with E-state index in [2.05, 4.69) is 31.5 Å². The average Bonchev–Trinajstić information content (AvgIpc) is 3.30. The minimum atomic E-state index is -1.39. The number of amides is 3. The van der Waals surface area contributed by atoms with E-state index >= 15 is 0 Å². The van der Waals surface area contributed by atoms with Crippen molar-refractivity contribution in [3.63, 3.8) is 0 Å². The summed E-state index contributed by atoms with van der Waals surface area (Å²) in [6.45, 7) is 0.136. The highest BCUT2D eigenvalue weighted by molar-refractivity contribution is 9.10. The molecule has 0 spiro atoms. The number of nitrogens with one attached hydrogen (secondary N) is 2. The maximum atomic E-state index is 13.9. The number of alkyl carbamates (subject to hydrolysis) is 1. The highest BCUT2D eigenvalue weighted by Gasteiger charge is 2.61. The van der Waals surface area contributed by atoms with Crippen molar-refractivity contribution in [2.24, 2.45) is 5.92 Å². The van der Waals surface area contributed by atoms with Crippen molar-refractivity contribution in [3.05, 3.63) is 47.1 Å². The molecule has 2 aliphatic carbocycles. The Balaban J connectivity index is 1.24. The van der Waals surface area contributed by atoms with Crippen molar-refractivity contribution in [1.82, 2.24) is 20.5 Å². The predicted octanol–water partition coefficient (Wildman–Crippen LogP) is 4.86. The zero-order valence-corrected chi connectivity index (χ0v) is 26.7. The Hall–Kier alpha value is -3.67. The molecule has 1 aromatic heterocycles. The third-order valence-corrected chi connectivity index (χ3v) is 10.1. The van der Waals surface area contributed by atoms with E-state index < -0.39 is 41.7 Å². The lowest BCUT2D eigenvalue weighted by Crippen LogP contribution is -2.53. The number of allylic oxidation sites excluding steroid dienone is 1. The topological polar surface area (TPSA) is 147 Å². The standard InChI is InChI=1S/C33H39BrN4O7/c34-25-13-7-12-24-27(14-15-35-29(24)25)44-23-17-26-30(40)37-33(31(41)42)18-20(33)8-3-1-2-4-9-21(16-28(39)38(26)19-23)36-32(43)45-22-10-5-6-11-22/h3,7-8,12-15,20-23,26H,1-2,4-6,9-11,16-19H2,(H,36,43)(H,37,40)(H,41,42)/b8-3-/t20-,21+,23-,26+,33-/m1/s1. The van der Waals surface area contributed by atoms with Crippen LogP contribution < -0.4 is 15.4 Å². The molecule has 3 amide bonds. The molecule has 1 aromatic carbocycles. The van der Waals surface area contributed by atoms with Crippen LogP contribution in [0.3, 0.4) is 0 Å². The number of hydrogen-bond acceptors (Lipinski definition) is 7. The summed E-state index contributed by atoms with van der Waals surface area (Å²) in [6, 6.07) is 6.02. The largest absolute Gasteiger partial charge is 0.488 e. The van der Waals surface area contributed by atoms with Gasteiger partial charge in [-0.25, -0.2) is 9.59 Å². The number of pyridine rings is 1. The summed E-state index contributed by atoms with van der Waals surface area (Å²) >= 11 is 3.53. The number of aliphatic carboxylic acids is 1. The number of carbonyl (C=O) groups is 4.